The van der Waals surface area contributed by atoms with Gasteiger partial charge in [-0.2, -0.15) is 0 Å². The molecule has 6 nitrogen and oxygen atoms in total. The molecule has 1 amide bonds. The third-order valence-corrected chi connectivity index (χ3v) is 3.22. The van der Waals surface area contributed by atoms with Crippen molar-refractivity contribution in [3.8, 4) is 0 Å². The van der Waals surface area contributed by atoms with Gasteiger partial charge in [-0.3, -0.25) is 9.59 Å². The number of carbonyl (C=O) groups is 2. The Bertz CT molecular complexity index is 474. The minimum absolute atomic E-state index is 0.144. The molecule has 1 aliphatic carbocycles. The van der Waals surface area contributed by atoms with E-state index < -0.39 is 17.3 Å². The highest BCUT2D eigenvalue weighted by Crippen LogP contribution is 2.45. The Labute approximate surface area is 104 Å². The van der Waals surface area contributed by atoms with Crippen molar-refractivity contribution in [1.82, 2.24) is 10.5 Å². The number of carbonyl (C=O) groups excluding carboxylic acids is 1. The Morgan fingerprint density at radius 1 is 1.56 bits per heavy atom. The summed E-state index contributed by atoms with van der Waals surface area (Å²) in [4.78, 5) is 22.7. The van der Waals surface area contributed by atoms with Gasteiger partial charge < -0.3 is 14.9 Å². The lowest BCUT2D eigenvalue weighted by atomic mass is 10.1. The molecule has 1 aromatic rings. The van der Waals surface area contributed by atoms with Gasteiger partial charge in [0.1, 0.15) is 5.76 Å². The molecular formula is C12H16N2O4. The molecule has 0 atom stereocenters. The maximum atomic E-state index is 11.8. The van der Waals surface area contributed by atoms with Crippen LogP contribution in [0.5, 0.6) is 0 Å². The molecule has 2 rings (SSSR count). The molecule has 2 N–H and O–H groups in total. The second-order valence-corrected chi connectivity index (χ2v) is 5.04. The summed E-state index contributed by atoms with van der Waals surface area (Å²) >= 11 is 0. The number of aliphatic carboxylic acids is 1. The second-order valence-electron chi connectivity index (χ2n) is 5.04. The van der Waals surface area contributed by atoms with Crippen LogP contribution in [0, 0.1) is 5.41 Å². The van der Waals surface area contributed by atoms with Crippen LogP contribution in [0.25, 0.3) is 0 Å². The minimum Gasteiger partial charge on any atom is -0.481 e. The predicted molar refractivity (Wildman–Crippen MR) is 62.2 cm³/mol. The van der Waals surface area contributed by atoms with Gasteiger partial charge in [-0.25, -0.2) is 0 Å². The Hall–Kier alpha value is -1.85. The quantitative estimate of drug-likeness (QED) is 0.826. The lowest BCUT2D eigenvalue weighted by Gasteiger charge is -2.09. The number of carboxylic acids is 1. The van der Waals surface area contributed by atoms with Gasteiger partial charge in [-0.15, -0.1) is 0 Å². The fourth-order valence-corrected chi connectivity index (χ4v) is 1.63. The number of carboxylic acid groups (broad SMARTS) is 1. The monoisotopic (exact) mass is 252 g/mol. The fraction of sp³-hybridized carbons (Fsp3) is 0.583. The lowest BCUT2D eigenvalue weighted by Crippen LogP contribution is -2.34. The zero-order valence-electron chi connectivity index (χ0n) is 10.4. The van der Waals surface area contributed by atoms with Crippen LogP contribution in [0.2, 0.25) is 0 Å². The summed E-state index contributed by atoms with van der Waals surface area (Å²) in [6.07, 6.45) is 1.22. The summed E-state index contributed by atoms with van der Waals surface area (Å²) in [5, 5.41) is 15.2. The van der Waals surface area contributed by atoms with Gasteiger partial charge in [0, 0.05) is 18.5 Å². The molecule has 0 bridgehead atoms. The van der Waals surface area contributed by atoms with E-state index in [0.29, 0.717) is 18.6 Å². The first-order chi connectivity index (χ1) is 8.44. The van der Waals surface area contributed by atoms with Crippen molar-refractivity contribution in [3.05, 3.63) is 17.5 Å². The van der Waals surface area contributed by atoms with E-state index in [1.807, 2.05) is 13.8 Å². The fourth-order valence-electron chi connectivity index (χ4n) is 1.63. The van der Waals surface area contributed by atoms with E-state index >= 15 is 0 Å². The van der Waals surface area contributed by atoms with Crippen molar-refractivity contribution >= 4 is 11.9 Å². The number of hydrogen-bond donors (Lipinski definition) is 2. The lowest BCUT2D eigenvalue weighted by molar-refractivity contribution is -0.143. The normalized spacial score (nSPS) is 16.6. The molecule has 0 aliphatic heterocycles. The Morgan fingerprint density at radius 3 is 2.67 bits per heavy atom. The van der Waals surface area contributed by atoms with Gasteiger partial charge in [0.2, 0.25) is 0 Å². The molecule has 1 heterocycles. The molecule has 0 aromatic carbocycles. The van der Waals surface area contributed by atoms with Crippen molar-refractivity contribution in [2.75, 3.05) is 6.54 Å². The summed E-state index contributed by atoms with van der Waals surface area (Å²) in [5.41, 5.74) is -0.569. The van der Waals surface area contributed by atoms with Gasteiger partial charge in [0.05, 0.1) is 5.41 Å². The van der Waals surface area contributed by atoms with E-state index in [9.17, 15) is 9.59 Å². The molecule has 6 heteroatoms. The highest BCUT2D eigenvalue weighted by atomic mass is 16.5. The van der Waals surface area contributed by atoms with E-state index in [-0.39, 0.29) is 18.2 Å². The molecule has 18 heavy (non-hydrogen) atoms. The predicted octanol–water partition coefficient (Wildman–Crippen LogP) is 1.39. The van der Waals surface area contributed by atoms with E-state index in [1.165, 1.54) is 0 Å². The summed E-state index contributed by atoms with van der Waals surface area (Å²) in [6.45, 7) is 4.02. The van der Waals surface area contributed by atoms with Crippen LogP contribution in [0.1, 0.15) is 48.9 Å². The summed E-state index contributed by atoms with van der Waals surface area (Å²) in [5.74, 6) is -0.448. The van der Waals surface area contributed by atoms with Crippen LogP contribution in [-0.4, -0.2) is 28.7 Å². The third kappa shape index (κ3) is 2.37. The standard InChI is InChI=1S/C12H16N2O4/c1-7(2)9-5-8(14-18-9)10(15)13-6-12(3-4-12)11(16)17/h5,7H,3-4,6H2,1-2H3,(H,13,15)(H,16,17). The van der Waals surface area contributed by atoms with Crippen molar-refractivity contribution in [1.29, 1.82) is 0 Å². The summed E-state index contributed by atoms with van der Waals surface area (Å²) < 4.78 is 5.02. The molecule has 98 valence electrons. The first kappa shape index (κ1) is 12.6. The number of nitrogens with one attached hydrogen (secondary N) is 1. The van der Waals surface area contributed by atoms with Gasteiger partial charge in [-0.05, 0) is 12.8 Å². The van der Waals surface area contributed by atoms with Gasteiger partial charge in [0.15, 0.2) is 5.69 Å². The third-order valence-electron chi connectivity index (χ3n) is 3.22. The van der Waals surface area contributed by atoms with Crippen molar-refractivity contribution in [2.45, 2.75) is 32.6 Å². The van der Waals surface area contributed by atoms with Gasteiger partial charge >= 0.3 is 5.97 Å². The second kappa shape index (κ2) is 4.44. The highest BCUT2D eigenvalue weighted by Gasteiger charge is 2.50. The Morgan fingerprint density at radius 2 is 2.22 bits per heavy atom. The molecule has 1 aliphatic rings. The van der Waals surface area contributed by atoms with Crippen molar-refractivity contribution in [2.24, 2.45) is 5.41 Å². The first-order valence-electron chi connectivity index (χ1n) is 5.93. The molecule has 1 saturated carbocycles. The maximum Gasteiger partial charge on any atom is 0.311 e. The Balaban J connectivity index is 1.94. The highest BCUT2D eigenvalue weighted by molar-refractivity contribution is 5.92. The molecule has 0 saturated heterocycles. The average Bonchev–Trinajstić information content (AvgIpc) is 2.94. The van der Waals surface area contributed by atoms with E-state index in [1.54, 1.807) is 6.07 Å². The number of nitrogens with zero attached hydrogens (tertiary/aromatic N) is 1. The van der Waals surface area contributed by atoms with Crippen LogP contribution in [-0.2, 0) is 4.79 Å². The van der Waals surface area contributed by atoms with Crippen LogP contribution in [0.15, 0.2) is 10.6 Å². The van der Waals surface area contributed by atoms with Crippen LogP contribution in [0.3, 0.4) is 0 Å². The SMILES string of the molecule is CC(C)c1cc(C(=O)NCC2(C(=O)O)CC2)no1. The molecule has 0 spiro atoms. The van der Waals surface area contributed by atoms with Gasteiger partial charge in [0.25, 0.3) is 5.91 Å². The number of rotatable bonds is 5. The minimum atomic E-state index is -0.856. The Kier molecular flexibility index (Phi) is 3.11. The summed E-state index contributed by atoms with van der Waals surface area (Å²) in [6, 6.07) is 1.58. The van der Waals surface area contributed by atoms with Crippen LogP contribution in [0.4, 0.5) is 0 Å². The number of aromatic nitrogens is 1. The largest absolute Gasteiger partial charge is 0.481 e. The molecular weight excluding hydrogens is 236 g/mol. The van der Waals surface area contributed by atoms with Crippen LogP contribution >= 0.6 is 0 Å². The molecule has 0 radical (unpaired) electrons. The van der Waals surface area contributed by atoms with E-state index in [2.05, 4.69) is 10.5 Å². The number of hydrogen-bond acceptors (Lipinski definition) is 4. The smallest absolute Gasteiger partial charge is 0.311 e. The average molecular weight is 252 g/mol. The molecule has 0 unspecified atom stereocenters. The van der Waals surface area contributed by atoms with Gasteiger partial charge in [-0.1, -0.05) is 19.0 Å². The topological polar surface area (TPSA) is 92.4 Å². The zero-order valence-corrected chi connectivity index (χ0v) is 10.4. The summed E-state index contributed by atoms with van der Waals surface area (Å²) in [7, 11) is 0. The van der Waals surface area contributed by atoms with E-state index in [4.69, 9.17) is 9.63 Å². The van der Waals surface area contributed by atoms with E-state index in [0.717, 1.165) is 0 Å². The first-order valence-corrected chi connectivity index (χ1v) is 5.93. The zero-order chi connectivity index (χ0) is 13.3. The number of amides is 1. The molecule has 1 fully saturated rings. The van der Waals surface area contributed by atoms with Crippen molar-refractivity contribution in [3.63, 3.8) is 0 Å². The molecule has 1 aromatic heterocycles. The maximum absolute atomic E-state index is 11.8. The van der Waals surface area contributed by atoms with Crippen molar-refractivity contribution < 1.29 is 19.2 Å². The van der Waals surface area contributed by atoms with Crippen LogP contribution < -0.4 is 5.32 Å².